The zero-order chi connectivity index (χ0) is 19.5. The van der Waals surface area contributed by atoms with Crippen molar-refractivity contribution < 1.29 is 27.9 Å². The molecule has 0 saturated carbocycles. The van der Waals surface area contributed by atoms with Crippen LogP contribution in [-0.4, -0.2) is 31.1 Å². The van der Waals surface area contributed by atoms with Crippen LogP contribution in [0.4, 0.5) is 5.69 Å². The number of aliphatic carboxylic acids is 1. The molecule has 7 nitrogen and oxygen atoms in total. The standard InChI is InChI=1S/C17H14ClNO6S/c1-10-13(18)6-3-7-16(10)26(24,25)19-12-5-2-4-11(8-12)14(20)9-15(21)17(22)23/h2-8,19H,9H2,1H3,(H,22,23). The van der Waals surface area contributed by atoms with E-state index in [1.54, 1.807) is 13.0 Å². The van der Waals surface area contributed by atoms with Gasteiger partial charge in [-0.25, -0.2) is 13.2 Å². The van der Waals surface area contributed by atoms with E-state index in [9.17, 15) is 22.8 Å². The molecule has 0 amide bonds. The van der Waals surface area contributed by atoms with Crippen molar-refractivity contribution in [3.05, 3.63) is 58.6 Å². The maximum Gasteiger partial charge on any atom is 0.372 e. The number of sulfonamides is 1. The van der Waals surface area contributed by atoms with E-state index >= 15 is 0 Å². The number of carbonyl (C=O) groups is 3. The zero-order valence-electron chi connectivity index (χ0n) is 13.5. The Morgan fingerprint density at radius 3 is 2.42 bits per heavy atom. The molecule has 0 heterocycles. The van der Waals surface area contributed by atoms with Gasteiger partial charge in [0.05, 0.1) is 11.3 Å². The topological polar surface area (TPSA) is 118 Å². The van der Waals surface area contributed by atoms with E-state index in [0.717, 1.165) is 0 Å². The van der Waals surface area contributed by atoms with E-state index < -0.39 is 34.0 Å². The summed E-state index contributed by atoms with van der Waals surface area (Å²) >= 11 is 5.95. The summed E-state index contributed by atoms with van der Waals surface area (Å²) in [5.41, 5.74) is 0.488. The second kappa shape index (κ2) is 7.67. The fourth-order valence-electron chi connectivity index (χ4n) is 2.17. The minimum Gasteiger partial charge on any atom is -0.475 e. The molecule has 136 valence electrons. The van der Waals surface area contributed by atoms with E-state index in [-0.39, 0.29) is 16.1 Å². The van der Waals surface area contributed by atoms with Crippen molar-refractivity contribution in [1.29, 1.82) is 0 Å². The van der Waals surface area contributed by atoms with Gasteiger partial charge in [-0.2, -0.15) is 0 Å². The Labute approximate surface area is 154 Å². The summed E-state index contributed by atoms with van der Waals surface area (Å²) in [7, 11) is -3.95. The van der Waals surface area contributed by atoms with Crippen LogP contribution in [-0.2, 0) is 19.6 Å². The summed E-state index contributed by atoms with van der Waals surface area (Å²) in [5, 5.41) is 8.85. The monoisotopic (exact) mass is 395 g/mol. The van der Waals surface area contributed by atoms with Gasteiger partial charge in [-0.3, -0.25) is 14.3 Å². The fraction of sp³-hybridized carbons (Fsp3) is 0.118. The first-order chi connectivity index (χ1) is 12.1. The highest BCUT2D eigenvalue weighted by atomic mass is 35.5. The van der Waals surface area contributed by atoms with E-state index in [4.69, 9.17) is 16.7 Å². The van der Waals surface area contributed by atoms with Crippen LogP contribution in [0.25, 0.3) is 0 Å². The van der Waals surface area contributed by atoms with Gasteiger partial charge in [0.25, 0.3) is 10.0 Å². The van der Waals surface area contributed by atoms with Crippen molar-refractivity contribution in [3.63, 3.8) is 0 Å². The molecule has 0 saturated heterocycles. The van der Waals surface area contributed by atoms with Crippen molar-refractivity contribution in [1.82, 2.24) is 0 Å². The zero-order valence-corrected chi connectivity index (χ0v) is 15.1. The number of benzene rings is 2. The van der Waals surface area contributed by atoms with Crippen LogP contribution in [0, 0.1) is 6.92 Å². The number of nitrogens with one attached hydrogen (secondary N) is 1. The number of anilines is 1. The second-order valence-electron chi connectivity index (χ2n) is 5.38. The molecule has 2 rings (SSSR count). The van der Waals surface area contributed by atoms with Gasteiger partial charge < -0.3 is 5.11 Å². The summed E-state index contributed by atoms with van der Waals surface area (Å²) in [6, 6.07) is 9.89. The summed E-state index contributed by atoms with van der Waals surface area (Å²) in [6.45, 7) is 1.56. The van der Waals surface area contributed by atoms with Gasteiger partial charge in [-0.1, -0.05) is 29.8 Å². The lowest BCUT2D eigenvalue weighted by Crippen LogP contribution is -2.18. The first-order valence-corrected chi connectivity index (χ1v) is 9.15. The number of Topliss-reactive ketones (excluding diaryl/α,β-unsaturated/α-hetero) is 2. The van der Waals surface area contributed by atoms with E-state index in [2.05, 4.69) is 4.72 Å². The van der Waals surface area contributed by atoms with Crippen LogP contribution in [0.2, 0.25) is 5.02 Å². The molecule has 0 unspecified atom stereocenters. The molecule has 2 aromatic carbocycles. The van der Waals surface area contributed by atoms with Crippen LogP contribution >= 0.6 is 11.6 Å². The molecule has 2 N–H and O–H groups in total. The van der Waals surface area contributed by atoms with Crippen LogP contribution in [0.3, 0.4) is 0 Å². The minimum absolute atomic E-state index is 0.0113. The number of carbonyl (C=O) groups excluding carboxylic acids is 2. The molecule has 0 radical (unpaired) electrons. The van der Waals surface area contributed by atoms with Crippen LogP contribution in [0.15, 0.2) is 47.4 Å². The highest BCUT2D eigenvalue weighted by Gasteiger charge is 2.20. The Bertz CT molecular complexity index is 1000. The predicted octanol–water partition coefficient (Wildman–Crippen LogP) is 2.68. The summed E-state index contributed by atoms with van der Waals surface area (Å²) in [6.07, 6.45) is -0.807. The Kier molecular flexibility index (Phi) is 5.79. The molecular formula is C17H14ClNO6S. The number of carboxylic acid groups (broad SMARTS) is 1. The lowest BCUT2D eigenvalue weighted by molar-refractivity contribution is -0.148. The van der Waals surface area contributed by atoms with Crippen molar-refractivity contribution in [3.8, 4) is 0 Å². The summed E-state index contributed by atoms with van der Waals surface area (Å²) in [4.78, 5) is 33.6. The average Bonchev–Trinajstić information content (AvgIpc) is 2.56. The molecule has 0 aliphatic rings. The maximum atomic E-state index is 12.5. The maximum absolute atomic E-state index is 12.5. The molecule has 0 spiro atoms. The third-order valence-corrected chi connectivity index (χ3v) is 5.44. The minimum atomic E-state index is -3.95. The van der Waals surface area contributed by atoms with Crippen LogP contribution in [0.5, 0.6) is 0 Å². The van der Waals surface area contributed by atoms with Crippen molar-refractivity contribution in [2.45, 2.75) is 18.2 Å². The molecule has 0 bridgehead atoms. The summed E-state index contributed by atoms with van der Waals surface area (Å²) in [5.74, 6) is -3.67. The normalized spacial score (nSPS) is 11.0. The smallest absolute Gasteiger partial charge is 0.372 e. The van der Waals surface area contributed by atoms with Gasteiger partial charge in [0.1, 0.15) is 0 Å². The number of hydrogen-bond acceptors (Lipinski definition) is 5. The molecule has 0 aromatic heterocycles. The quantitative estimate of drug-likeness (QED) is 0.422. The van der Waals surface area contributed by atoms with E-state index in [1.165, 1.54) is 36.4 Å². The molecule has 0 aliphatic heterocycles. The Balaban J connectivity index is 2.28. The summed E-state index contributed by atoms with van der Waals surface area (Å²) < 4.78 is 27.4. The third-order valence-electron chi connectivity index (χ3n) is 3.50. The molecule has 0 atom stereocenters. The first kappa shape index (κ1) is 19.6. The first-order valence-electron chi connectivity index (χ1n) is 7.29. The molecule has 0 fully saturated rings. The van der Waals surface area contributed by atoms with Crippen LogP contribution < -0.4 is 4.72 Å². The van der Waals surface area contributed by atoms with Gasteiger partial charge in [-0.05, 0) is 36.8 Å². The molecule has 26 heavy (non-hydrogen) atoms. The fourth-order valence-corrected chi connectivity index (χ4v) is 3.72. The highest BCUT2D eigenvalue weighted by Crippen LogP contribution is 2.25. The van der Waals surface area contributed by atoms with Crippen molar-refractivity contribution in [2.24, 2.45) is 0 Å². The van der Waals surface area contributed by atoms with Gasteiger partial charge in [0, 0.05) is 16.3 Å². The van der Waals surface area contributed by atoms with Gasteiger partial charge in [0.2, 0.25) is 5.78 Å². The number of halogens is 1. The average molecular weight is 396 g/mol. The third kappa shape index (κ3) is 4.47. The molecule has 2 aromatic rings. The second-order valence-corrected chi connectivity index (χ2v) is 7.44. The SMILES string of the molecule is Cc1c(Cl)cccc1S(=O)(=O)Nc1cccc(C(=O)CC(=O)C(=O)O)c1. The van der Waals surface area contributed by atoms with Gasteiger partial charge in [-0.15, -0.1) is 0 Å². The number of hydrogen-bond donors (Lipinski definition) is 2. The Hall–Kier alpha value is -2.71. The number of rotatable bonds is 7. The lowest BCUT2D eigenvalue weighted by Gasteiger charge is -2.12. The predicted molar refractivity (Wildman–Crippen MR) is 95.0 cm³/mol. The van der Waals surface area contributed by atoms with E-state index in [1.807, 2.05) is 0 Å². The molecule has 0 aliphatic carbocycles. The lowest BCUT2D eigenvalue weighted by atomic mass is 10.1. The Morgan fingerprint density at radius 1 is 1.12 bits per heavy atom. The Morgan fingerprint density at radius 2 is 1.77 bits per heavy atom. The van der Waals surface area contributed by atoms with E-state index in [0.29, 0.717) is 10.6 Å². The number of carboxylic acids is 1. The highest BCUT2D eigenvalue weighted by molar-refractivity contribution is 7.92. The van der Waals surface area contributed by atoms with Crippen molar-refractivity contribution >= 4 is 44.8 Å². The number of ketones is 2. The largest absolute Gasteiger partial charge is 0.475 e. The van der Waals surface area contributed by atoms with Crippen LogP contribution in [0.1, 0.15) is 22.3 Å². The van der Waals surface area contributed by atoms with Gasteiger partial charge in [0.15, 0.2) is 5.78 Å². The van der Waals surface area contributed by atoms with Crippen molar-refractivity contribution in [2.75, 3.05) is 4.72 Å². The molecular weight excluding hydrogens is 382 g/mol. The molecule has 9 heteroatoms. The van der Waals surface area contributed by atoms with Gasteiger partial charge >= 0.3 is 5.97 Å².